The fraction of sp³-hybridized carbons (Fsp3) is 0.273. The molecule has 1 unspecified atom stereocenters. The Morgan fingerprint density at radius 2 is 1.81 bits per heavy atom. The maximum absolute atomic E-state index is 12.1. The van der Waals surface area contributed by atoms with Crippen LogP contribution in [-0.4, -0.2) is 60.3 Å². The van der Waals surface area contributed by atoms with Crippen molar-refractivity contribution in [3.05, 3.63) is 53.7 Å². The number of fused-ring (bicyclic) bond motifs is 1. The molecule has 3 rings (SSSR count). The predicted octanol–water partition coefficient (Wildman–Crippen LogP) is 4.08. The maximum Gasteiger partial charge on any atom is 0.409 e. The number of nitrogens with zero attached hydrogens (tertiary/aromatic N) is 3. The molecule has 0 N–H and O–H groups in total. The number of ether oxygens (including phenoxy) is 4. The first kappa shape index (κ1) is 23.1. The van der Waals surface area contributed by atoms with Gasteiger partial charge in [-0.2, -0.15) is 0 Å². The molecule has 3 aromatic rings. The lowest BCUT2D eigenvalue weighted by Crippen LogP contribution is -2.33. The number of carbonyl (C=O) groups is 2. The zero-order chi connectivity index (χ0) is 23.1. The highest BCUT2D eigenvalue weighted by Gasteiger charge is 2.17. The minimum absolute atomic E-state index is 0.0317. The van der Waals surface area contributed by atoms with Crippen molar-refractivity contribution in [3.8, 4) is 17.4 Å². The molecule has 0 radical (unpaired) electrons. The largest absolute Gasteiger partial charge is 0.479 e. The molecule has 0 aliphatic carbocycles. The van der Waals surface area contributed by atoms with Crippen molar-refractivity contribution in [3.63, 3.8) is 0 Å². The van der Waals surface area contributed by atoms with Crippen molar-refractivity contribution in [2.24, 2.45) is 0 Å². The number of amides is 1. The van der Waals surface area contributed by atoms with Crippen LogP contribution in [-0.2, 0) is 14.3 Å². The molecule has 1 heterocycles. The standard InChI is InChI=1S/C22H22ClN3O6/c1-14(21(27)30-11-10-26(2)22(28)29-3)31-16-5-7-17(8-6-16)32-20-13-24-19-12-15(23)4-9-18(19)25-20/h4-9,12-14H,10-11H2,1-3H3. The molecule has 1 atom stereocenters. The van der Waals surface area contributed by atoms with Gasteiger partial charge in [-0.25, -0.2) is 19.6 Å². The topological polar surface area (TPSA) is 100 Å². The van der Waals surface area contributed by atoms with Gasteiger partial charge >= 0.3 is 12.1 Å². The molecule has 0 spiro atoms. The Labute approximate surface area is 189 Å². The van der Waals surface area contributed by atoms with Gasteiger partial charge in [0, 0.05) is 12.1 Å². The Bertz CT molecular complexity index is 1090. The summed E-state index contributed by atoms with van der Waals surface area (Å²) >= 11 is 5.95. The first-order valence-corrected chi connectivity index (χ1v) is 10.1. The number of hydrogen-bond acceptors (Lipinski definition) is 8. The summed E-state index contributed by atoms with van der Waals surface area (Å²) in [6.45, 7) is 1.82. The second-order valence-corrected chi connectivity index (χ2v) is 7.17. The summed E-state index contributed by atoms with van der Waals surface area (Å²) in [5.74, 6) is 0.784. The molecule has 0 aliphatic heterocycles. The molecule has 1 amide bonds. The number of esters is 1. The lowest BCUT2D eigenvalue weighted by atomic mass is 10.3. The first-order chi connectivity index (χ1) is 15.4. The second-order valence-electron chi connectivity index (χ2n) is 6.73. The Morgan fingerprint density at radius 3 is 2.53 bits per heavy atom. The zero-order valence-corrected chi connectivity index (χ0v) is 18.5. The van der Waals surface area contributed by atoms with Gasteiger partial charge in [0.25, 0.3) is 0 Å². The quantitative estimate of drug-likeness (QED) is 0.464. The van der Waals surface area contributed by atoms with Crippen LogP contribution in [0.25, 0.3) is 11.0 Å². The van der Waals surface area contributed by atoms with Crippen LogP contribution in [0.15, 0.2) is 48.7 Å². The van der Waals surface area contributed by atoms with Crippen LogP contribution in [0.3, 0.4) is 0 Å². The van der Waals surface area contributed by atoms with Crippen molar-refractivity contribution < 1.29 is 28.5 Å². The summed E-state index contributed by atoms with van der Waals surface area (Å²) in [5, 5.41) is 0.586. The van der Waals surface area contributed by atoms with Crippen molar-refractivity contribution >= 4 is 34.7 Å². The van der Waals surface area contributed by atoms with E-state index in [0.29, 0.717) is 33.4 Å². The average molecular weight is 460 g/mol. The summed E-state index contributed by atoms with van der Waals surface area (Å²) in [4.78, 5) is 33.3. The highest BCUT2D eigenvalue weighted by molar-refractivity contribution is 6.31. The van der Waals surface area contributed by atoms with Gasteiger partial charge in [-0.1, -0.05) is 11.6 Å². The normalized spacial score (nSPS) is 11.5. The lowest BCUT2D eigenvalue weighted by Gasteiger charge is -2.17. The average Bonchev–Trinajstić information content (AvgIpc) is 2.79. The fourth-order valence-electron chi connectivity index (χ4n) is 2.62. The van der Waals surface area contributed by atoms with Gasteiger partial charge in [0.1, 0.15) is 18.1 Å². The molecule has 0 fully saturated rings. The SMILES string of the molecule is COC(=O)N(C)CCOC(=O)C(C)Oc1ccc(Oc2cnc3cc(Cl)ccc3n2)cc1. The highest BCUT2D eigenvalue weighted by Crippen LogP contribution is 2.25. The molecule has 0 saturated carbocycles. The van der Waals surface area contributed by atoms with Gasteiger partial charge in [-0.15, -0.1) is 0 Å². The third-order valence-corrected chi connectivity index (χ3v) is 4.57. The molecular weight excluding hydrogens is 438 g/mol. The number of rotatable bonds is 8. The van der Waals surface area contributed by atoms with Crippen LogP contribution < -0.4 is 9.47 Å². The van der Waals surface area contributed by atoms with Gasteiger partial charge in [-0.3, -0.25) is 0 Å². The Balaban J connectivity index is 1.51. The number of methoxy groups -OCH3 is 1. The molecule has 10 heteroatoms. The molecular formula is C22H22ClN3O6. The predicted molar refractivity (Wildman–Crippen MR) is 117 cm³/mol. The number of benzene rings is 2. The van der Waals surface area contributed by atoms with Crippen LogP contribution in [0.2, 0.25) is 5.02 Å². The molecule has 0 aliphatic rings. The maximum atomic E-state index is 12.1. The molecule has 1 aromatic heterocycles. The number of hydrogen-bond donors (Lipinski definition) is 0. The minimum atomic E-state index is -0.830. The van der Waals surface area contributed by atoms with Gasteiger partial charge < -0.3 is 23.8 Å². The van der Waals surface area contributed by atoms with E-state index in [2.05, 4.69) is 14.7 Å². The fourth-order valence-corrected chi connectivity index (χ4v) is 2.79. The second kappa shape index (κ2) is 10.6. The van der Waals surface area contributed by atoms with E-state index in [9.17, 15) is 9.59 Å². The molecule has 2 aromatic carbocycles. The first-order valence-electron chi connectivity index (χ1n) is 9.68. The molecule has 0 bridgehead atoms. The summed E-state index contributed by atoms with van der Waals surface area (Å²) in [7, 11) is 2.82. The van der Waals surface area contributed by atoms with E-state index in [0.717, 1.165) is 0 Å². The Kier molecular flexibility index (Phi) is 7.67. The van der Waals surface area contributed by atoms with E-state index in [-0.39, 0.29) is 13.2 Å². The third kappa shape index (κ3) is 6.21. The van der Waals surface area contributed by atoms with Crippen molar-refractivity contribution in [1.29, 1.82) is 0 Å². The van der Waals surface area contributed by atoms with Gasteiger partial charge in [0.05, 0.1) is 30.9 Å². The van der Waals surface area contributed by atoms with Crippen LogP contribution in [0.5, 0.6) is 17.4 Å². The van der Waals surface area contributed by atoms with E-state index in [4.69, 9.17) is 25.8 Å². The van der Waals surface area contributed by atoms with E-state index in [1.54, 1.807) is 56.4 Å². The van der Waals surface area contributed by atoms with Crippen LogP contribution in [0.1, 0.15) is 6.92 Å². The van der Waals surface area contributed by atoms with Crippen LogP contribution in [0, 0.1) is 0 Å². The number of halogens is 1. The highest BCUT2D eigenvalue weighted by atomic mass is 35.5. The van der Waals surface area contributed by atoms with E-state index < -0.39 is 18.2 Å². The number of likely N-dealkylation sites (N-methyl/N-ethyl adjacent to an activating group) is 1. The van der Waals surface area contributed by atoms with E-state index in [1.165, 1.54) is 18.2 Å². The van der Waals surface area contributed by atoms with Gasteiger partial charge in [-0.05, 0) is 49.4 Å². The van der Waals surface area contributed by atoms with Crippen molar-refractivity contribution in [2.45, 2.75) is 13.0 Å². The van der Waals surface area contributed by atoms with Crippen LogP contribution >= 0.6 is 11.6 Å². The van der Waals surface area contributed by atoms with Gasteiger partial charge in [0.2, 0.25) is 5.88 Å². The monoisotopic (exact) mass is 459 g/mol. The lowest BCUT2D eigenvalue weighted by molar-refractivity contribution is -0.151. The number of carbonyl (C=O) groups excluding carboxylic acids is 2. The van der Waals surface area contributed by atoms with Crippen molar-refractivity contribution in [2.75, 3.05) is 27.3 Å². The summed E-state index contributed by atoms with van der Waals surface area (Å²) in [6.07, 6.45) is 0.175. The third-order valence-electron chi connectivity index (χ3n) is 4.33. The number of aromatic nitrogens is 2. The summed E-state index contributed by atoms with van der Waals surface area (Å²) in [6, 6.07) is 11.9. The zero-order valence-electron chi connectivity index (χ0n) is 17.8. The molecule has 9 nitrogen and oxygen atoms in total. The van der Waals surface area contributed by atoms with Crippen molar-refractivity contribution in [1.82, 2.24) is 14.9 Å². The van der Waals surface area contributed by atoms with Crippen LogP contribution in [0.4, 0.5) is 4.79 Å². The Hall–Kier alpha value is -3.59. The van der Waals surface area contributed by atoms with E-state index in [1.807, 2.05) is 0 Å². The summed E-state index contributed by atoms with van der Waals surface area (Å²) in [5.41, 5.74) is 1.34. The smallest absolute Gasteiger partial charge is 0.409 e. The molecule has 168 valence electrons. The summed E-state index contributed by atoms with van der Waals surface area (Å²) < 4.78 is 21.0. The molecule has 32 heavy (non-hydrogen) atoms. The van der Waals surface area contributed by atoms with Gasteiger partial charge in [0.15, 0.2) is 6.10 Å². The molecule has 0 saturated heterocycles. The van der Waals surface area contributed by atoms with E-state index >= 15 is 0 Å². The Morgan fingerprint density at radius 1 is 1.09 bits per heavy atom. The minimum Gasteiger partial charge on any atom is -0.479 e.